The highest BCUT2D eigenvalue weighted by Gasteiger charge is 1.80. The van der Waals surface area contributed by atoms with Crippen LogP contribution in [-0.2, 0) is 0 Å². The summed E-state index contributed by atoms with van der Waals surface area (Å²) in [5.41, 5.74) is 0. The summed E-state index contributed by atoms with van der Waals surface area (Å²) in [4.78, 5) is 0. The fourth-order valence-corrected chi connectivity index (χ4v) is 1.88. The second-order valence-electron chi connectivity index (χ2n) is 5.23. The summed E-state index contributed by atoms with van der Waals surface area (Å²) in [6.45, 7) is 4.49. The summed E-state index contributed by atoms with van der Waals surface area (Å²) in [5.74, 6) is 0. The molecule has 114 valence electrons. The Morgan fingerprint density at radius 2 is 0.850 bits per heavy atom. The SMILES string of the molecule is CCCC/C=C\CC=CCC=CCC=CCCCCC. The lowest BCUT2D eigenvalue weighted by Crippen LogP contribution is -1.70. The van der Waals surface area contributed by atoms with Crippen LogP contribution < -0.4 is 0 Å². The molecular formula is C20H34. The lowest BCUT2D eigenvalue weighted by Gasteiger charge is -1.90. The zero-order valence-electron chi connectivity index (χ0n) is 13.7. The van der Waals surface area contributed by atoms with Gasteiger partial charge in [-0.25, -0.2) is 0 Å². The van der Waals surface area contributed by atoms with E-state index in [-0.39, 0.29) is 0 Å². The Balaban J connectivity index is 3.36. The van der Waals surface area contributed by atoms with Crippen LogP contribution in [0.15, 0.2) is 48.6 Å². The van der Waals surface area contributed by atoms with E-state index in [9.17, 15) is 0 Å². The third kappa shape index (κ3) is 17.0. The second kappa shape index (κ2) is 18.0. The smallest absolute Gasteiger partial charge is 0.0169 e. The first-order valence-electron chi connectivity index (χ1n) is 8.51. The van der Waals surface area contributed by atoms with Gasteiger partial charge in [-0.15, -0.1) is 0 Å². The summed E-state index contributed by atoms with van der Waals surface area (Å²) >= 11 is 0. The number of rotatable bonds is 13. The minimum atomic E-state index is 1.06. The topological polar surface area (TPSA) is 0 Å². The third-order valence-electron chi connectivity index (χ3n) is 3.18. The number of allylic oxidation sites excluding steroid dienone is 8. The van der Waals surface area contributed by atoms with Gasteiger partial charge in [-0.1, -0.05) is 88.1 Å². The molecule has 0 aromatic carbocycles. The van der Waals surface area contributed by atoms with Crippen molar-refractivity contribution in [2.24, 2.45) is 0 Å². The minimum absolute atomic E-state index is 1.06. The molecule has 0 amide bonds. The van der Waals surface area contributed by atoms with Crippen molar-refractivity contribution in [3.8, 4) is 0 Å². The predicted octanol–water partition coefficient (Wildman–Crippen LogP) is 7.15. The molecule has 20 heavy (non-hydrogen) atoms. The highest BCUT2D eigenvalue weighted by molar-refractivity contribution is 4.99. The molecular weight excluding hydrogens is 240 g/mol. The second-order valence-corrected chi connectivity index (χ2v) is 5.23. The van der Waals surface area contributed by atoms with E-state index in [1.807, 2.05) is 0 Å². The van der Waals surface area contributed by atoms with E-state index in [2.05, 4.69) is 62.5 Å². The van der Waals surface area contributed by atoms with Gasteiger partial charge in [0.25, 0.3) is 0 Å². The van der Waals surface area contributed by atoms with E-state index in [1.165, 1.54) is 44.9 Å². The van der Waals surface area contributed by atoms with Crippen molar-refractivity contribution < 1.29 is 0 Å². The zero-order chi connectivity index (χ0) is 14.7. The molecule has 0 bridgehead atoms. The van der Waals surface area contributed by atoms with Crippen LogP contribution in [0.4, 0.5) is 0 Å². The van der Waals surface area contributed by atoms with Gasteiger partial charge >= 0.3 is 0 Å². The highest BCUT2D eigenvalue weighted by atomic mass is 13.9. The maximum absolute atomic E-state index is 2.32. The average molecular weight is 274 g/mol. The molecule has 0 rings (SSSR count). The van der Waals surface area contributed by atoms with E-state index in [0.29, 0.717) is 0 Å². The Kier molecular flexibility index (Phi) is 17.0. The lowest BCUT2D eigenvalue weighted by atomic mass is 10.2. The molecule has 0 aliphatic carbocycles. The quantitative estimate of drug-likeness (QED) is 0.247. The first kappa shape index (κ1) is 19.0. The maximum atomic E-state index is 2.32. The molecule has 0 fully saturated rings. The van der Waals surface area contributed by atoms with Crippen LogP contribution in [-0.4, -0.2) is 0 Å². The fourth-order valence-electron chi connectivity index (χ4n) is 1.88. The molecule has 0 heteroatoms. The number of hydrogen-bond acceptors (Lipinski definition) is 0. The van der Waals surface area contributed by atoms with Crippen LogP contribution in [0.3, 0.4) is 0 Å². The first-order valence-corrected chi connectivity index (χ1v) is 8.51. The standard InChI is InChI=1S/C20H34/c1-3-5-7-9-11-13-15-17-19-20-18-16-14-12-10-8-6-4-2/h9,11-12,14-15,17-18,20H,3-8,10,13,16,19H2,1-2H3/b11-9-,14-12?,17-15?,20-18?. The third-order valence-corrected chi connectivity index (χ3v) is 3.18. The molecule has 0 aromatic heterocycles. The van der Waals surface area contributed by atoms with Gasteiger partial charge in [-0.2, -0.15) is 0 Å². The van der Waals surface area contributed by atoms with Gasteiger partial charge in [0.2, 0.25) is 0 Å². The van der Waals surface area contributed by atoms with E-state index < -0.39 is 0 Å². The van der Waals surface area contributed by atoms with Crippen molar-refractivity contribution in [3.63, 3.8) is 0 Å². The number of hydrogen-bond donors (Lipinski definition) is 0. The Morgan fingerprint density at radius 3 is 1.30 bits per heavy atom. The minimum Gasteiger partial charge on any atom is -0.0882 e. The van der Waals surface area contributed by atoms with Gasteiger partial charge < -0.3 is 0 Å². The predicted molar refractivity (Wildman–Crippen MR) is 94.1 cm³/mol. The van der Waals surface area contributed by atoms with Crippen molar-refractivity contribution in [1.82, 2.24) is 0 Å². The van der Waals surface area contributed by atoms with Gasteiger partial charge in [0, 0.05) is 0 Å². The summed E-state index contributed by atoms with van der Waals surface area (Å²) in [5, 5.41) is 0. The Hall–Kier alpha value is -1.04. The molecule has 0 atom stereocenters. The summed E-state index contributed by atoms with van der Waals surface area (Å²) in [6, 6.07) is 0. The molecule has 0 N–H and O–H groups in total. The molecule has 0 unspecified atom stereocenters. The maximum Gasteiger partial charge on any atom is -0.0169 e. The average Bonchev–Trinajstić information content (AvgIpc) is 2.47. The molecule has 0 aliphatic heterocycles. The highest BCUT2D eigenvalue weighted by Crippen LogP contribution is 2.01. The molecule has 0 saturated carbocycles. The van der Waals surface area contributed by atoms with Gasteiger partial charge in [0.05, 0.1) is 0 Å². The summed E-state index contributed by atoms with van der Waals surface area (Å²) < 4.78 is 0. The van der Waals surface area contributed by atoms with Gasteiger partial charge in [0.1, 0.15) is 0 Å². The van der Waals surface area contributed by atoms with Crippen molar-refractivity contribution in [1.29, 1.82) is 0 Å². The number of unbranched alkanes of at least 4 members (excludes halogenated alkanes) is 5. The van der Waals surface area contributed by atoms with E-state index in [0.717, 1.165) is 19.3 Å². The molecule has 0 spiro atoms. The monoisotopic (exact) mass is 274 g/mol. The summed E-state index contributed by atoms with van der Waals surface area (Å²) in [7, 11) is 0. The van der Waals surface area contributed by atoms with Gasteiger partial charge in [-0.05, 0) is 38.5 Å². The van der Waals surface area contributed by atoms with E-state index in [4.69, 9.17) is 0 Å². The van der Waals surface area contributed by atoms with Crippen LogP contribution >= 0.6 is 0 Å². The molecule has 0 saturated heterocycles. The largest absolute Gasteiger partial charge is 0.0882 e. The van der Waals surface area contributed by atoms with Gasteiger partial charge in [-0.3, -0.25) is 0 Å². The zero-order valence-corrected chi connectivity index (χ0v) is 13.7. The molecule has 0 heterocycles. The molecule has 0 nitrogen and oxygen atoms in total. The Labute approximate surface area is 127 Å². The van der Waals surface area contributed by atoms with Crippen molar-refractivity contribution in [2.75, 3.05) is 0 Å². The Morgan fingerprint density at radius 1 is 0.450 bits per heavy atom. The van der Waals surface area contributed by atoms with Crippen molar-refractivity contribution >= 4 is 0 Å². The van der Waals surface area contributed by atoms with Crippen LogP contribution in [0.25, 0.3) is 0 Å². The first-order chi connectivity index (χ1) is 9.91. The molecule has 0 radical (unpaired) electrons. The fraction of sp³-hybridized carbons (Fsp3) is 0.600. The lowest BCUT2D eigenvalue weighted by molar-refractivity contribution is 0.728. The van der Waals surface area contributed by atoms with Crippen LogP contribution in [0.1, 0.15) is 78.1 Å². The van der Waals surface area contributed by atoms with Gasteiger partial charge in [0.15, 0.2) is 0 Å². The van der Waals surface area contributed by atoms with E-state index in [1.54, 1.807) is 0 Å². The Bertz CT molecular complexity index is 278. The normalized spacial score (nSPS) is 12.7. The van der Waals surface area contributed by atoms with E-state index >= 15 is 0 Å². The molecule has 0 aromatic rings. The van der Waals surface area contributed by atoms with Crippen LogP contribution in [0, 0.1) is 0 Å². The van der Waals surface area contributed by atoms with Crippen molar-refractivity contribution in [2.45, 2.75) is 78.1 Å². The van der Waals surface area contributed by atoms with Crippen molar-refractivity contribution in [3.05, 3.63) is 48.6 Å². The van der Waals surface area contributed by atoms with Crippen LogP contribution in [0.5, 0.6) is 0 Å². The van der Waals surface area contributed by atoms with Crippen LogP contribution in [0.2, 0.25) is 0 Å². The summed E-state index contributed by atoms with van der Waals surface area (Å²) in [6.07, 6.45) is 30.5. The molecule has 0 aliphatic rings.